The molecule has 1 heterocycles. The van der Waals surface area contributed by atoms with Gasteiger partial charge in [0.2, 0.25) is 0 Å². The molecule has 1 saturated heterocycles. The standard InChI is InChI=1S/C7H14O6/c1-12-7-6(11)5(10)4(9)3(2-8)13-7/h3-11H,2H2,1H3/t3-,4-,5-,6-,7-/m1/s1. The largest absolute Gasteiger partial charge is 0.394 e. The van der Waals surface area contributed by atoms with Crippen LogP contribution in [0.15, 0.2) is 0 Å². The first-order valence-electron chi connectivity index (χ1n) is 3.95. The summed E-state index contributed by atoms with van der Waals surface area (Å²) in [5.41, 5.74) is 0. The molecule has 4 N–H and O–H groups in total. The summed E-state index contributed by atoms with van der Waals surface area (Å²) in [5.74, 6) is 0. The Morgan fingerprint density at radius 3 is 2.23 bits per heavy atom. The maximum absolute atomic E-state index is 9.28. The minimum atomic E-state index is -1.36. The lowest BCUT2D eigenvalue weighted by atomic mass is 9.99. The van der Waals surface area contributed by atoms with Crippen LogP contribution in [-0.2, 0) is 9.47 Å². The molecule has 0 aromatic carbocycles. The van der Waals surface area contributed by atoms with Gasteiger partial charge < -0.3 is 29.9 Å². The lowest BCUT2D eigenvalue weighted by molar-refractivity contribution is -0.294. The van der Waals surface area contributed by atoms with Crippen LogP contribution in [0.3, 0.4) is 0 Å². The van der Waals surface area contributed by atoms with Gasteiger partial charge in [0, 0.05) is 7.11 Å². The average Bonchev–Trinajstić information content (AvgIpc) is 2.15. The minimum absolute atomic E-state index is 0.440. The van der Waals surface area contributed by atoms with Gasteiger partial charge in [0.1, 0.15) is 24.4 Å². The molecule has 0 amide bonds. The van der Waals surface area contributed by atoms with Gasteiger partial charge in [-0.25, -0.2) is 0 Å². The molecule has 78 valence electrons. The number of aliphatic hydroxyl groups is 4. The van der Waals surface area contributed by atoms with Gasteiger partial charge >= 0.3 is 0 Å². The highest BCUT2D eigenvalue weighted by Crippen LogP contribution is 2.20. The molecular formula is C7H14O6. The van der Waals surface area contributed by atoms with E-state index in [1.165, 1.54) is 7.11 Å². The Hall–Kier alpha value is -0.240. The number of methoxy groups -OCH3 is 1. The summed E-state index contributed by atoms with van der Waals surface area (Å²) in [6.07, 6.45) is -5.91. The summed E-state index contributed by atoms with van der Waals surface area (Å²) in [6, 6.07) is 0. The van der Waals surface area contributed by atoms with Crippen molar-refractivity contribution in [2.24, 2.45) is 0 Å². The van der Waals surface area contributed by atoms with E-state index < -0.39 is 37.3 Å². The Morgan fingerprint density at radius 1 is 1.15 bits per heavy atom. The fourth-order valence-corrected chi connectivity index (χ4v) is 1.26. The molecule has 0 radical (unpaired) electrons. The highest BCUT2D eigenvalue weighted by atomic mass is 16.7. The second-order valence-corrected chi connectivity index (χ2v) is 2.93. The first-order chi connectivity index (χ1) is 6.11. The SMILES string of the molecule is CO[C@@H]1O[C@H](CO)[C@@H](O)[C@@H](O)[C@H]1O. The summed E-state index contributed by atoms with van der Waals surface area (Å²) in [4.78, 5) is 0. The second kappa shape index (κ2) is 4.32. The lowest BCUT2D eigenvalue weighted by Crippen LogP contribution is -2.58. The van der Waals surface area contributed by atoms with Crippen LogP contribution in [-0.4, -0.2) is 64.8 Å². The molecule has 1 fully saturated rings. The second-order valence-electron chi connectivity index (χ2n) is 2.93. The third kappa shape index (κ3) is 1.98. The van der Waals surface area contributed by atoms with Gasteiger partial charge in [-0.1, -0.05) is 0 Å². The van der Waals surface area contributed by atoms with Gasteiger partial charge in [0.15, 0.2) is 6.29 Å². The molecule has 0 saturated carbocycles. The molecular weight excluding hydrogens is 180 g/mol. The molecule has 1 rings (SSSR count). The van der Waals surface area contributed by atoms with Crippen molar-refractivity contribution in [2.45, 2.75) is 30.7 Å². The molecule has 0 aromatic rings. The van der Waals surface area contributed by atoms with Crippen molar-refractivity contribution in [3.8, 4) is 0 Å². The number of ether oxygens (including phenoxy) is 2. The molecule has 0 aromatic heterocycles. The molecule has 6 nitrogen and oxygen atoms in total. The zero-order valence-corrected chi connectivity index (χ0v) is 7.20. The van der Waals surface area contributed by atoms with E-state index in [2.05, 4.69) is 0 Å². The maximum atomic E-state index is 9.28. The summed E-state index contributed by atoms with van der Waals surface area (Å²) in [6.45, 7) is -0.440. The molecule has 6 heteroatoms. The van der Waals surface area contributed by atoms with Crippen molar-refractivity contribution in [1.29, 1.82) is 0 Å². The normalized spacial score (nSPS) is 46.4. The molecule has 0 spiro atoms. The number of hydrogen-bond acceptors (Lipinski definition) is 6. The van der Waals surface area contributed by atoms with Gasteiger partial charge in [-0.15, -0.1) is 0 Å². The van der Waals surface area contributed by atoms with E-state index in [0.717, 1.165) is 0 Å². The van der Waals surface area contributed by atoms with Crippen LogP contribution in [0.2, 0.25) is 0 Å². The first kappa shape index (κ1) is 10.8. The van der Waals surface area contributed by atoms with Crippen LogP contribution in [0.1, 0.15) is 0 Å². The number of aliphatic hydroxyl groups excluding tert-OH is 4. The molecule has 0 bridgehead atoms. The van der Waals surface area contributed by atoms with Gasteiger partial charge in [-0.3, -0.25) is 0 Å². The smallest absolute Gasteiger partial charge is 0.186 e. The lowest BCUT2D eigenvalue weighted by Gasteiger charge is -2.38. The van der Waals surface area contributed by atoms with Gasteiger partial charge in [-0.05, 0) is 0 Å². The molecule has 0 unspecified atom stereocenters. The third-order valence-electron chi connectivity index (χ3n) is 2.08. The minimum Gasteiger partial charge on any atom is -0.394 e. The predicted molar refractivity (Wildman–Crippen MR) is 40.8 cm³/mol. The van der Waals surface area contributed by atoms with Gasteiger partial charge in [0.05, 0.1) is 6.61 Å². The highest BCUT2D eigenvalue weighted by molar-refractivity contribution is 4.88. The Kier molecular flexibility index (Phi) is 3.60. The van der Waals surface area contributed by atoms with Crippen LogP contribution in [0.25, 0.3) is 0 Å². The topological polar surface area (TPSA) is 99.4 Å². The summed E-state index contributed by atoms with van der Waals surface area (Å²) in [7, 11) is 1.30. The van der Waals surface area contributed by atoms with Crippen LogP contribution >= 0.6 is 0 Å². The summed E-state index contributed by atoms with van der Waals surface area (Å²) in [5, 5.41) is 36.6. The molecule has 13 heavy (non-hydrogen) atoms. The zero-order chi connectivity index (χ0) is 10.0. The van der Waals surface area contributed by atoms with Crippen molar-refractivity contribution < 1.29 is 29.9 Å². The highest BCUT2D eigenvalue weighted by Gasteiger charge is 2.43. The van der Waals surface area contributed by atoms with Crippen molar-refractivity contribution in [2.75, 3.05) is 13.7 Å². The van der Waals surface area contributed by atoms with Crippen LogP contribution in [0.5, 0.6) is 0 Å². The average molecular weight is 194 g/mol. The van der Waals surface area contributed by atoms with E-state index in [-0.39, 0.29) is 0 Å². The molecule has 1 aliphatic rings. The number of hydrogen-bond donors (Lipinski definition) is 4. The quantitative estimate of drug-likeness (QED) is 0.386. The van der Waals surface area contributed by atoms with Gasteiger partial charge in [0.25, 0.3) is 0 Å². The summed E-state index contributed by atoms with van der Waals surface area (Å²) < 4.78 is 9.65. The Balaban J connectivity index is 2.66. The van der Waals surface area contributed by atoms with E-state index >= 15 is 0 Å². The van der Waals surface area contributed by atoms with Crippen LogP contribution < -0.4 is 0 Å². The van der Waals surface area contributed by atoms with Crippen LogP contribution in [0.4, 0.5) is 0 Å². The number of rotatable bonds is 2. The summed E-state index contributed by atoms with van der Waals surface area (Å²) >= 11 is 0. The van der Waals surface area contributed by atoms with Crippen molar-refractivity contribution >= 4 is 0 Å². The van der Waals surface area contributed by atoms with E-state index in [1.54, 1.807) is 0 Å². The maximum Gasteiger partial charge on any atom is 0.186 e. The van der Waals surface area contributed by atoms with E-state index in [4.69, 9.17) is 14.6 Å². The zero-order valence-electron chi connectivity index (χ0n) is 7.20. The fraction of sp³-hybridized carbons (Fsp3) is 1.00. The molecule has 0 aliphatic carbocycles. The third-order valence-corrected chi connectivity index (χ3v) is 2.08. The predicted octanol–water partition coefficient (Wildman–Crippen LogP) is -2.57. The van der Waals surface area contributed by atoms with Crippen molar-refractivity contribution in [1.82, 2.24) is 0 Å². The van der Waals surface area contributed by atoms with Gasteiger partial charge in [-0.2, -0.15) is 0 Å². The van der Waals surface area contributed by atoms with Crippen molar-refractivity contribution in [3.63, 3.8) is 0 Å². The Labute approximate surface area is 75.3 Å². The first-order valence-corrected chi connectivity index (χ1v) is 3.95. The van der Waals surface area contributed by atoms with Crippen molar-refractivity contribution in [3.05, 3.63) is 0 Å². The molecule has 5 atom stereocenters. The van der Waals surface area contributed by atoms with E-state index in [0.29, 0.717) is 0 Å². The van der Waals surface area contributed by atoms with E-state index in [9.17, 15) is 15.3 Å². The van der Waals surface area contributed by atoms with Crippen LogP contribution in [0, 0.1) is 0 Å². The molecule has 1 aliphatic heterocycles. The monoisotopic (exact) mass is 194 g/mol. The fourth-order valence-electron chi connectivity index (χ4n) is 1.26. The Bertz CT molecular complexity index is 143. The Morgan fingerprint density at radius 2 is 1.77 bits per heavy atom. The van der Waals surface area contributed by atoms with E-state index in [1.807, 2.05) is 0 Å².